The monoisotopic (exact) mass is 514 g/mol. The molecule has 1 heterocycles. The van der Waals surface area contributed by atoms with Crippen LogP contribution in [0.15, 0.2) is 24.3 Å². The van der Waals surface area contributed by atoms with Crippen molar-refractivity contribution in [2.45, 2.75) is 109 Å². The molecule has 1 saturated heterocycles. The Morgan fingerprint density at radius 3 is 1.86 bits per heavy atom. The van der Waals surface area contributed by atoms with Crippen molar-refractivity contribution in [1.29, 1.82) is 0 Å². The SMILES string of the molecule is O=Cc1ccc(CNC(=O)C2C[C@@H](C(=O)O)NC(=O)CCCCCCCCCCCCCCC2=O)cc1. The Labute approximate surface area is 220 Å². The zero-order valence-electron chi connectivity index (χ0n) is 21.8. The highest BCUT2D eigenvalue weighted by molar-refractivity contribution is 6.02. The Hall–Kier alpha value is -3.03. The number of carbonyl (C=O) groups is 5. The van der Waals surface area contributed by atoms with Gasteiger partial charge < -0.3 is 15.7 Å². The molecule has 0 bridgehead atoms. The Bertz CT molecular complexity index is 883. The van der Waals surface area contributed by atoms with Crippen molar-refractivity contribution in [3.63, 3.8) is 0 Å². The molecule has 2 rings (SSSR count). The summed E-state index contributed by atoms with van der Waals surface area (Å²) in [4.78, 5) is 61.3. The van der Waals surface area contributed by atoms with E-state index < -0.39 is 23.8 Å². The van der Waals surface area contributed by atoms with Crippen LogP contribution in [0.25, 0.3) is 0 Å². The van der Waals surface area contributed by atoms with Gasteiger partial charge in [-0.05, 0) is 24.8 Å². The second kappa shape index (κ2) is 17.4. The van der Waals surface area contributed by atoms with Gasteiger partial charge in [0.05, 0.1) is 5.92 Å². The summed E-state index contributed by atoms with van der Waals surface area (Å²) in [7, 11) is 0. The summed E-state index contributed by atoms with van der Waals surface area (Å²) in [6, 6.07) is 5.37. The smallest absolute Gasteiger partial charge is 0.326 e. The van der Waals surface area contributed by atoms with Gasteiger partial charge in [0.1, 0.15) is 18.1 Å². The average Bonchev–Trinajstić information content (AvgIpc) is 2.89. The van der Waals surface area contributed by atoms with Crippen LogP contribution in [0.5, 0.6) is 0 Å². The standard InChI is InChI=1S/C29H42N2O6/c32-21-23-17-15-22(16-18-23)20-30-28(35)24-19-25(29(36)37)31-27(34)14-12-10-8-6-4-2-1-3-5-7-9-11-13-26(24)33/h15-18,21,24-25H,1-14,19-20H2,(H,30,35)(H,31,34)(H,36,37)/t24?,25-/m0/s1. The van der Waals surface area contributed by atoms with Crippen molar-refractivity contribution in [3.05, 3.63) is 35.4 Å². The Balaban J connectivity index is 2.07. The molecule has 1 unspecified atom stereocenters. The van der Waals surface area contributed by atoms with Crippen LogP contribution >= 0.6 is 0 Å². The number of amides is 2. The molecule has 8 nitrogen and oxygen atoms in total. The number of carboxylic acids is 1. The number of ketones is 1. The number of carboxylic acid groups (broad SMARTS) is 1. The molecule has 204 valence electrons. The minimum atomic E-state index is -1.32. The van der Waals surface area contributed by atoms with Gasteiger partial charge in [-0.2, -0.15) is 0 Å². The Kier molecular flexibility index (Phi) is 14.2. The van der Waals surface area contributed by atoms with Crippen molar-refractivity contribution < 1.29 is 29.1 Å². The van der Waals surface area contributed by atoms with Gasteiger partial charge >= 0.3 is 5.97 Å². The van der Waals surface area contributed by atoms with E-state index in [9.17, 15) is 29.1 Å². The quantitative estimate of drug-likeness (QED) is 0.385. The second-order valence-electron chi connectivity index (χ2n) is 10.0. The van der Waals surface area contributed by atoms with Gasteiger partial charge in [-0.3, -0.25) is 19.2 Å². The molecular formula is C29H42N2O6. The number of hydrogen-bond donors (Lipinski definition) is 3. The van der Waals surface area contributed by atoms with Crippen LogP contribution in [-0.4, -0.2) is 41.0 Å². The van der Waals surface area contributed by atoms with Gasteiger partial charge in [0.15, 0.2) is 0 Å². The summed E-state index contributed by atoms with van der Waals surface area (Å²) in [5.74, 6) is -3.65. The van der Waals surface area contributed by atoms with E-state index in [0.717, 1.165) is 50.4 Å². The van der Waals surface area contributed by atoms with Gasteiger partial charge in [-0.1, -0.05) is 88.5 Å². The zero-order valence-corrected chi connectivity index (χ0v) is 21.8. The minimum Gasteiger partial charge on any atom is -0.480 e. The lowest BCUT2D eigenvalue weighted by molar-refractivity contribution is -0.143. The number of Topliss-reactive ketones (excluding diaryl/α,β-unsaturated/α-hetero) is 1. The second-order valence-corrected chi connectivity index (χ2v) is 10.0. The van der Waals surface area contributed by atoms with Gasteiger partial charge in [-0.15, -0.1) is 0 Å². The molecular weight excluding hydrogens is 472 g/mol. The van der Waals surface area contributed by atoms with Crippen molar-refractivity contribution in [2.24, 2.45) is 5.92 Å². The third kappa shape index (κ3) is 12.2. The Morgan fingerprint density at radius 2 is 1.35 bits per heavy atom. The minimum absolute atomic E-state index is 0.145. The van der Waals surface area contributed by atoms with Crippen LogP contribution < -0.4 is 10.6 Å². The summed E-state index contributed by atoms with van der Waals surface area (Å²) in [5, 5.41) is 15.0. The fourth-order valence-electron chi connectivity index (χ4n) is 4.66. The van der Waals surface area contributed by atoms with Gasteiger partial charge in [-0.25, -0.2) is 4.79 Å². The molecule has 8 heteroatoms. The van der Waals surface area contributed by atoms with Crippen LogP contribution in [0.4, 0.5) is 0 Å². The predicted octanol–water partition coefficient (Wildman–Crippen LogP) is 4.74. The molecule has 1 aromatic rings. The van der Waals surface area contributed by atoms with Crippen LogP contribution in [0.3, 0.4) is 0 Å². The molecule has 2 atom stereocenters. The average molecular weight is 515 g/mol. The summed E-state index contributed by atoms with van der Waals surface area (Å²) >= 11 is 0. The highest BCUT2D eigenvalue weighted by Gasteiger charge is 2.32. The summed E-state index contributed by atoms with van der Waals surface area (Å²) < 4.78 is 0. The highest BCUT2D eigenvalue weighted by atomic mass is 16.4. The van der Waals surface area contributed by atoms with E-state index >= 15 is 0 Å². The van der Waals surface area contributed by atoms with Gasteiger partial charge in [0.2, 0.25) is 11.8 Å². The molecule has 3 N–H and O–H groups in total. The molecule has 1 aliphatic heterocycles. The first-order chi connectivity index (χ1) is 17.9. The fourth-order valence-corrected chi connectivity index (χ4v) is 4.66. The first-order valence-corrected chi connectivity index (χ1v) is 13.8. The van der Waals surface area contributed by atoms with Crippen molar-refractivity contribution in [1.82, 2.24) is 10.6 Å². The number of benzene rings is 1. The van der Waals surface area contributed by atoms with Crippen molar-refractivity contribution >= 4 is 29.9 Å². The lowest BCUT2D eigenvalue weighted by Crippen LogP contribution is -2.46. The van der Waals surface area contributed by atoms with E-state index in [0.29, 0.717) is 18.4 Å². The Morgan fingerprint density at radius 1 is 0.838 bits per heavy atom. The number of aliphatic carboxylic acids is 1. The van der Waals surface area contributed by atoms with Crippen LogP contribution in [0.1, 0.15) is 112 Å². The van der Waals surface area contributed by atoms with E-state index in [1.807, 2.05) is 0 Å². The number of hydrogen-bond acceptors (Lipinski definition) is 5. The lowest BCUT2D eigenvalue weighted by atomic mass is 9.91. The molecule has 0 radical (unpaired) electrons. The van der Waals surface area contributed by atoms with Gasteiger partial charge in [0.25, 0.3) is 0 Å². The molecule has 0 aliphatic carbocycles. The summed E-state index contributed by atoms with van der Waals surface area (Å²) in [5.41, 5.74) is 1.27. The molecule has 1 fully saturated rings. The van der Waals surface area contributed by atoms with E-state index in [-0.39, 0.29) is 37.5 Å². The molecule has 37 heavy (non-hydrogen) atoms. The molecule has 1 aromatic carbocycles. The van der Waals surface area contributed by atoms with Crippen molar-refractivity contribution in [3.8, 4) is 0 Å². The number of rotatable bonds is 5. The third-order valence-corrected chi connectivity index (χ3v) is 6.97. The predicted molar refractivity (Wildman–Crippen MR) is 141 cm³/mol. The number of aldehydes is 1. The molecule has 2 amide bonds. The lowest BCUT2D eigenvalue weighted by Gasteiger charge is -2.21. The third-order valence-electron chi connectivity index (χ3n) is 6.97. The maximum atomic E-state index is 13.1. The normalized spacial score (nSPS) is 21.8. The first kappa shape index (κ1) is 30.2. The van der Waals surface area contributed by atoms with E-state index in [1.165, 1.54) is 25.7 Å². The maximum Gasteiger partial charge on any atom is 0.326 e. The van der Waals surface area contributed by atoms with E-state index in [4.69, 9.17) is 0 Å². The van der Waals surface area contributed by atoms with E-state index in [1.54, 1.807) is 24.3 Å². The molecule has 0 saturated carbocycles. The number of nitrogens with one attached hydrogen (secondary N) is 2. The summed E-state index contributed by atoms with van der Waals surface area (Å²) in [6.45, 7) is 0.145. The van der Waals surface area contributed by atoms with Crippen LogP contribution in [0.2, 0.25) is 0 Å². The number of carbonyl (C=O) groups excluding carboxylic acids is 4. The van der Waals surface area contributed by atoms with Crippen molar-refractivity contribution in [2.75, 3.05) is 0 Å². The maximum absolute atomic E-state index is 13.1. The largest absolute Gasteiger partial charge is 0.480 e. The van der Waals surface area contributed by atoms with Crippen LogP contribution in [-0.2, 0) is 25.7 Å². The molecule has 0 spiro atoms. The first-order valence-electron chi connectivity index (χ1n) is 13.8. The van der Waals surface area contributed by atoms with Gasteiger partial charge in [0, 0.05) is 24.9 Å². The molecule has 0 aromatic heterocycles. The fraction of sp³-hybridized carbons (Fsp3) is 0.621. The topological polar surface area (TPSA) is 130 Å². The van der Waals surface area contributed by atoms with Crippen LogP contribution in [0, 0.1) is 5.92 Å². The zero-order chi connectivity index (χ0) is 26.9. The summed E-state index contributed by atoms with van der Waals surface area (Å²) in [6.07, 6.45) is 13.2. The molecule has 1 aliphatic rings. The van der Waals surface area contributed by atoms with E-state index in [2.05, 4.69) is 10.6 Å². The highest BCUT2D eigenvalue weighted by Crippen LogP contribution is 2.18.